The molecule has 8 heteroatoms. The van der Waals surface area contributed by atoms with Crippen LogP contribution in [0.4, 0.5) is 10.1 Å². The Morgan fingerprint density at radius 1 is 1.17 bits per heavy atom. The third-order valence-electron chi connectivity index (χ3n) is 4.15. The van der Waals surface area contributed by atoms with E-state index in [-0.39, 0.29) is 11.1 Å². The minimum atomic E-state index is -0.764. The molecule has 0 aliphatic carbocycles. The molecular weight excluding hydrogens is 508 g/mol. The average Bonchev–Trinajstić information content (AvgIpc) is 3.12. The van der Waals surface area contributed by atoms with Crippen molar-refractivity contribution in [2.45, 2.75) is 0 Å². The molecule has 142 valence electrons. The van der Waals surface area contributed by atoms with E-state index in [1.807, 2.05) is 18.2 Å². The molecule has 3 aromatic carbocycles. The lowest BCUT2D eigenvalue weighted by atomic mass is 10.1. The Bertz CT molecular complexity index is 1310. The summed E-state index contributed by atoms with van der Waals surface area (Å²) < 4.78 is 20.8. The minimum Gasteiger partial charge on any atom is -0.436 e. The van der Waals surface area contributed by atoms with E-state index in [0.29, 0.717) is 33.3 Å². The summed E-state index contributed by atoms with van der Waals surface area (Å²) in [6, 6.07) is 15.9. The van der Waals surface area contributed by atoms with Gasteiger partial charge in [-0.1, -0.05) is 11.6 Å². The van der Waals surface area contributed by atoms with E-state index in [1.165, 1.54) is 12.1 Å². The van der Waals surface area contributed by atoms with E-state index in [4.69, 9.17) is 21.3 Å². The van der Waals surface area contributed by atoms with Crippen LogP contribution in [-0.4, -0.2) is 10.9 Å². The van der Waals surface area contributed by atoms with Crippen LogP contribution < -0.4 is 5.32 Å². The molecule has 1 heterocycles. The minimum absolute atomic E-state index is 0.143. The molecule has 1 amide bonds. The molecule has 0 unspecified atom stereocenters. The fraction of sp³-hybridized carbons (Fsp3) is 0. The predicted molar refractivity (Wildman–Crippen MR) is 116 cm³/mol. The van der Waals surface area contributed by atoms with Crippen molar-refractivity contribution in [1.29, 1.82) is 5.26 Å². The van der Waals surface area contributed by atoms with Crippen LogP contribution in [0.25, 0.3) is 22.6 Å². The van der Waals surface area contributed by atoms with Crippen molar-refractivity contribution in [1.82, 2.24) is 4.98 Å². The number of aromatic nitrogens is 1. The first-order valence-electron chi connectivity index (χ1n) is 8.31. The van der Waals surface area contributed by atoms with Crippen molar-refractivity contribution in [3.63, 3.8) is 0 Å². The van der Waals surface area contributed by atoms with Gasteiger partial charge >= 0.3 is 0 Å². The summed E-state index contributed by atoms with van der Waals surface area (Å²) >= 11 is 8.42. The molecule has 0 aliphatic heterocycles. The van der Waals surface area contributed by atoms with Crippen LogP contribution >= 0.6 is 34.2 Å². The molecule has 0 saturated carbocycles. The number of hydrogen-bond donors (Lipinski definition) is 1. The second-order valence-electron chi connectivity index (χ2n) is 6.09. The lowest BCUT2D eigenvalue weighted by molar-refractivity contribution is 0.102. The average molecular weight is 518 g/mol. The normalized spacial score (nSPS) is 10.7. The van der Waals surface area contributed by atoms with Gasteiger partial charge < -0.3 is 9.73 Å². The van der Waals surface area contributed by atoms with Gasteiger partial charge in [0.1, 0.15) is 11.3 Å². The monoisotopic (exact) mass is 517 g/mol. The molecule has 0 aliphatic rings. The Kier molecular flexibility index (Phi) is 5.22. The fourth-order valence-corrected chi connectivity index (χ4v) is 3.44. The Labute approximate surface area is 183 Å². The van der Waals surface area contributed by atoms with E-state index < -0.39 is 11.7 Å². The van der Waals surface area contributed by atoms with Crippen molar-refractivity contribution in [3.05, 3.63) is 80.1 Å². The van der Waals surface area contributed by atoms with Crippen molar-refractivity contribution in [3.8, 4) is 17.5 Å². The van der Waals surface area contributed by atoms with Crippen molar-refractivity contribution < 1.29 is 13.6 Å². The smallest absolute Gasteiger partial charge is 0.258 e. The van der Waals surface area contributed by atoms with Gasteiger partial charge in [0.25, 0.3) is 5.91 Å². The Balaban J connectivity index is 1.63. The van der Waals surface area contributed by atoms with Crippen LogP contribution in [0.1, 0.15) is 15.9 Å². The maximum atomic E-state index is 14.1. The Morgan fingerprint density at radius 2 is 2.00 bits per heavy atom. The summed E-state index contributed by atoms with van der Waals surface area (Å²) in [7, 11) is 0. The van der Waals surface area contributed by atoms with Crippen LogP contribution in [0.15, 0.2) is 59.0 Å². The second kappa shape index (κ2) is 7.81. The Morgan fingerprint density at radius 3 is 2.76 bits per heavy atom. The second-order valence-corrected chi connectivity index (χ2v) is 7.74. The summed E-state index contributed by atoms with van der Waals surface area (Å²) in [4.78, 5) is 16.8. The van der Waals surface area contributed by atoms with Gasteiger partial charge in [0.2, 0.25) is 5.89 Å². The SMILES string of the molecule is N#Cc1ccc(C(=O)Nc2ccc3oc(-c4cc(I)ccc4Cl)nc3c2)c(F)c1. The van der Waals surface area contributed by atoms with Gasteiger partial charge in [0, 0.05) is 9.26 Å². The van der Waals surface area contributed by atoms with Gasteiger partial charge in [0.15, 0.2) is 5.58 Å². The first kappa shape index (κ1) is 19.4. The number of oxazole rings is 1. The number of anilines is 1. The zero-order valence-corrected chi connectivity index (χ0v) is 17.5. The molecule has 0 fully saturated rings. The number of halogens is 3. The maximum Gasteiger partial charge on any atom is 0.258 e. The highest BCUT2D eigenvalue weighted by molar-refractivity contribution is 14.1. The molecule has 0 saturated heterocycles. The van der Waals surface area contributed by atoms with E-state index in [1.54, 1.807) is 24.3 Å². The lowest BCUT2D eigenvalue weighted by Gasteiger charge is -2.06. The van der Waals surface area contributed by atoms with Gasteiger partial charge in [-0.2, -0.15) is 5.26 Å². The highest BCUT2D eigenvalue weighted by Gasteiger charge is 2.15. The van der Waals surface area contributed by atoms with Gasteiger partial charge in [-0.3, -0.25) is 4.79 Å². The lowest BCUT2D eigenvalue weighted by Crippen LogP contribution is -2.13. The number of carbonyl (C=O) groups is 1. The zero-order chi connectivity index (χ0) is 20.5. The Hall–Kier alpha value is -2.96. The number of nitrogens with zero attached hydrogens (tertiary/aromatic N) is 2. The number of nitrogens with one attached hydrogen (secondary N) is 1. The van der Waals surface area contributed by atoms with Crippen molar-refractivity contribution in [2.75, 3.05) is 5.32 Å². The van der Waals surface area contributed by atoms with Crippen LogP contribution in [0, 0.1) is 20.7 Å². The fourth-order valence-electron chi connectivity index (χ4n) is 2.75. The summed E-state index contributed by atoms with van der Waals surface area (Å²) in [6.45, 7) is 0. The van der Waals surface area contributed by atoms with Gasteiger partial charge in [-0.15, -0.1) is 0 Å². The van der Waals surface area contributed by atoms with Crippen LogP contribution in [0.3, 0.4) is 0 Å². The van der Waals surface area contributed by atoms with Crippen LogP contribution in [-0.2, 0) is 0 Å². The van der Waals surface area contributed by atoms with Gasteiger partial charge in [-0.25, -0.2) is 9.37 Å². The molecule has 29 heavy (non-hydrogen) atoms. The molecular formula is C21H10ClFIN3O2. The van der Waals surface area contributed by atoms with Crippen LogP contribution in [0.5, 0.6) is 0 Å². The van der Waals surface area contributed by atoms with E-state index >= 15 is 0 Å². The molecule has 4 rings (SSSR count). The predicted octanol–water partition coefficient (Wildman–Crippen LogP) is 6.02. The number of amides is 1. The quantitative estimate of drug-likeness (QED) is 0.337. The largest absolute Gasteiger partial charge is 0.436 e. The highest BCUT2D eigenvalue weighted by atomic mass is 127. The number of benzene rings is 3. The number of nitriles is 1. The van der Waals surface area contributed by atoms with Crippen LogP contribution in [0.2, 0.25) is 5.02 Å². The van der Waals surface area contributed by atoms with Gasteiger partial charge in [-0.05, 0) is 77.2 Å². The maximum absolute atomic E-state index is 14.1. The highest BCUT2D eigenvalue weighted by Crippen LogP contribution is 2.32. The number of carbonyl (C=O) groups excluding carboxylic acids is 1. The molecule has 4 aromatic rings. The molecule has 0 spiro atoms. The zero-order valence-electron chi connectivity index (χ0n) is 14.5. The van der Waals surface area contributed by atoms with E-state index in [0.717, 1.165) is 9.64 Å². The summed E-state index contributed by atoms with van der Waals surface area (Å²) in [6.07, 6.45) is 0. The number of fused-ring (bicyclic) bond motifs is 1. The summed E-state index contributed by atoms with van der Waals surface area (Å²) in [5, 5.41) is 11.9. The first-order valence-corrected chi connectivity index (χ1v) is 9.77. The first-order chi connectivity index (χ1) is 13.9. The topological polar surface area (TPSA) is 78.9 Å². The third-order valence-corrected chi connectivity index (χ3v) is 5.15. The van der Waals surface area contributed by atoms with Crippen molar-refractivity contribution >= 4 is 56.9 Å². The van der Waals surface area contributed by atoms with E-state index in [2.05, 4.69) is 32.9 Å². The van der Waals surface area contributed by atoms with E-state index in [9.17, 15) is 9.18 Å². The molecule has 5 nitrogen and oxygen atoms in total. The van der Waals surface area contributed by atoms with Crippen molar-refractivity contribution in [2.24, 2.45) is 0 Å². The molecule has 1 aromatic heterocycles. The molecule has 0 radical (unpaired) electrons. The molecule has 1 N–H and O–H groups in total. The molecule has 0 atom stereocenters. The standard InChI is InChI=1S/C21H10ClFIN3O2/c22-16-5-2-12(24)8-15(16)21-27-18-9-13(3-6-19(18)29-21)26-20(28)14-4-1-11(10-25)7-17(14)23/h1-9H,(H,26,28). The summed E-state index contributed by atoms with van der Waals surface area (Å²) in [5.74, 6) is -1.03. The van der Waals surface area contributed by atoms with Gasteiger partial charge in [0.05, 0.1) is 27.8 Å². The number of hydrogen-bond acceptors (Lipinski definition) is 4. The summed E-state index contributed by atoms with van der Waals surface area (Å²) in [5.41, 5.74) is 2.13. The molecule has 0 bridgehead atoms. The third kappa shape index (κ3) is 3.95. The number of rotatable bonds is 3.